The fourth-order valence-electron chi connectivity index (χ4n) is 2.41. The Bertz CT molecular complexity index is 504. The summed E-state index contributed by atoms with van der Waals surface area (Å²) in [4.78, 5) is 0.604. The van der Waals surface area contributed by atoms with Crippen LogP contribution in [0.1, 0.15) is 39.2 Å². The van der Waals surface area contributed by atoms with Gasteiger partial charge < -0.3 is 0 Å². The minimum atomic E-state index is -3.42. The van der Waals surface area contributed by atoms with Crippen LogP contribution in [0.5, 0.6) is 0 Å². The lowest BCUT2D eigenvalue weighted by molar-refractivity contribution is 0.489. The first kappa shape index (κ1) is 16.7. The Kier molecular flexibility index (Phi) is 6.02. The van der Waals surface area contributed by atoms with Gasteiger partial charge in [0, 0.05) is 11.4 Å². The lowest BCUT2D eigenvalue weighted by Crippen LogP contribution is -2.26. The lowest BCUT2D eigenvalue weighted by atomic mass is 9.86. The van der Waals surface area contributed by atoms with Crippen LogP contribution in [0.15, 0.2) is 29.2 Å². The van der Waals surface area contributed by atoms with Crippen LogP contribution < -0.4 is 4.72 Å². The number of alkyl halides is 1. The van der Waals surface area contributed by atoms with Gasteiger partial charge in [-0.05, 0) is 23.5 Å². The summed E-state index contributed by atoms with van der Waals surface area (Å²) in [6, 6.07) is 7.25. The molecule has 0 fully saturated rings. The number of benzene rings is 1. The van der Waals surface area contributed by atoms with E-state index in [0.29, 0.717) is 17.4 Å². The maximum Gasteiger partial charge on any atom is 0.240 e. The van der Waals surface area contributed by atoms with E-state index in [0.717, 1.165) is 5.56 Å². The van der Waals surface area contributed by atoms with Crippen LogP contribution in [0.4, 0.5) is 0 Å². The lowest BCUT2D eigenvalue weighted by Gasteiger charge is -2.26. The topological polar surface area (TPSA) is 46.2 Å². The second-order valence-corrected chi connectivity index (χ2v) is 8.17. The van der Waals surface area contributed by atoms with E-state index in [1.165, 1.54) is 0 Å². The van der Waals surface area contributed by atoms with E-state index in [1.54, 1.807) is 19.1 Å². The van der Waals surface area contributed by atoms with Crippen LogP contribution in [0, 0.1) is 5.92 Å². The number of halogens is 1. The fourth-order valence-corrected chi connectivity index (χ4v) is 4.61. The first-order valence-corrected chi connectivity index (χ1v) is 8.93. The molecule has 0 radical (unpaired) electrons. The summed E-state index contributed by atoms with van der Waals surface area (Å²) in [5, 5.41) is 0. The minimum Gasteiger partial charge on any atom is -0.211 e. The molecule has 1 aromatic carbocycles. The van der Waals surface area contributed by atoms with Crippen molar-refractivity contribution in [2.45, 2.75) is 43.3 Å². The van der Waals surface area contributed by atoms with E-state index >= 15 is 0 Å². The third kappa shape index (κ3) is 4.04. The third-order valence-corrected chi connectivity index (χ3v) is 5.30. The van der Waals surface area contributed by atoms with Crippen LogP contribution in [0.3, 0.4) is 0 Å². The van der Waals surface area contributed by atoms with E-state index in [9.17, 15) is 8.42 Å². The van der Waals surface area contributed by atoms with E-state index < -0.39 is 10.0 Å². The van der Waals surface area contributed by atoms with Gasteiger partial charge in [-0.25, -0.2) is 13.1 Å². The summed E-state index contributed by atoms with van der Waals surface area (Å²) in [5.74, 6) is 0.511. The quantitative estimate of drug-likeness (QED) is 0.800. The zero-order chi connectivity index (χ0) is 14.6. The molecule has 108 valence electrons. The highest BCUT2D eigenvalue weighted by atomic mass is 79.9. The van der Waals surface area contributed by atoms with E-state index in [4.69, 9.17) is 0 Å². The first-order valence-electron chi connectivity index (χ1n) is 6.54. The molecule has 1 aromatic rings. The van der Waals surface area contributed by atoms with Gasteiger partial charge in [0.2, 0.25) is 10.0 Å². The van der Waals surface area contributed by atoms with E-state index in [-0.39, 0.29) is 10.7 Å². The van der Waals surface area contributed by atoms with Crippen molar-refractivity contribution in [1.29, 1.82) is 0 Å². The molecule has 19 heavy (non-hydrogen) atoms. The van der Waals surface area contributed by atoms with Gasteiger partial charge in [-0.3, -0.25) is 0 Å². The monoisotopic (exact) mass is 347 g/mol. The minimum absolute atomic E-state index is 0.157. The molecule has 0 aromatic heterocycles. The Morgan fingerprint density at radius 3 is 2.26 bits per heavy atom. The number of rotatable bonds is 6. The Balaban J connectivity index is 3.37. The Morgan fingerprint density at radius 2 is 1.79 bits per heavy atom. The summed E-state index contributed by atoms with van der Waals surface area (Å²) >= 11 is 3.60. The Morgan fingerprint density at radius 1 is 1.21 bits per heavy atom. The highest BCUT2D eigenvalue weighted by molar-refractivity contribution is 9.09. The van der Waals surface area contributed by atoms with Crippen molar-refractivity contribution in [3.8, 4) is 0 Å². The zero-order valence-electron chi connectivity index (χ0n) is 11.9. The van der Waals surface area contributed by atoms with Gasteiger partial charge in [-0.2, -0.15) is 0 Å². The summed E-state index contributed by atoms with van der Waals surface area (Å²) in [6.45, 7) is 8.46. The number of hydrogen-bond acceptors (Lipinski definition) is 2. The summed E-state index contributed by atoms with van der Waals surface area (Å²) in [5.41, 5.74) is 0.878. The smallest absolute Gasteiger partial charge is 0.211 e. The first-order chi connectivity index (χ1) is 8.81. The van der Waals surface area contributed by atoms with Crippen LogP contribution in [0.25, 0.3) is 0 Å². The average Bonchev–Trinajstić information content (AvgIpc) is 2.28. The molecule has 0 amide bonds. The maximum absolute atomic E-state index is 12.3. The molecule has 0 saturated heterocycles. The zero-order valence-corrected chi connectivity index (χ0v) is 14.3. The van der Waals surface area contributed by atoms with Crippen molar-refractivity contribution in [2.75, 3.05) is 6.54 Å². The van der Waals surface area contributed by atoms with Crippen LogP contribution >= 0.6 is 15.9 Å². The fraction of sp³-hybridized carbons (Fsp3) is 0.571. The van der Waals surface area contributed by atoms with Gasteiger partial charge in [-0.15, -0.1) is 0 Å². The largest absolute Gasteiger partial charge is 0.240 e. The van der Waals surface area contributed by atoms with Crippen LogP contribution in [-0.4, -0.2) is 19.8 Å². The predicted molar refractivity (Wildman–Crippen MR) is 83.3 cm³/mol. The van der Waals surface area contributed by atoms with Crippen molar-refractivity contribution in [1.82, 2.24) is 4.72 Å². The van der Waals surface area contributed by atoms with Gasteiger partial charge in [0.1, 0.15) is 0 Å². The molecule has 0 bridgehead atoms. The van der Waals surface area contributed by atoms with Gasteiger partial charge in [0.05, 0.1) is 4.90 Å². The standard InChI is InChI=1S/C14H22BrNO2S/c1-5-16-19(17,18)13-9-7-6-8-12(13)14(10(2)3)11(4)15/h6-11,14,16H,5H2,1-4H3. The molecule has 1 N–H and O–H groups in total. The Hall–Kier alpha value is -0.390. The molecular weight excluding hydrogens is 326 g/mol. The predicted octanol–water partition coefficient (Wildman–Crippen LogP) is 3.51. The normalized spacial score (nSPS) is 15.5. The summed E-state index contributed by atoms with van der Waals surface area (Å²) in [6.07, 6.45) is 0. The highest BCUT2D eigenvalue weighted by Crippen LogP contribution is 2.35. The van der Waals surface area contributed by atoms with Crippen LogP contribution in [-0.2, 0) is 10.0 Å². The molecule has 0 heterocycles. The van der Waals surface area contributed by atoms with Crippen molar-refractivity contribution >= 4 is 26.0 Å². The molecular formula is C14H22BrNO2S. The van der Waals surface area contributed by atoms with Crippen molar-refractivity contribution in [3.05, 3.63) is 29.8 Å². The number of nitrogens with one attached hydrogen (secondary N) is 1. The molecule has 2 unspecified atom stereocenters. The summed E-state index contributed by atoms with van der Waals surface area (Å²) < 4.78 is 27.1. The van der Waals surface area contributed by atoms with E-state index in [2.05, 4.69) is 41.4 Å². The molecule has 0 saturated carbocycles. The number of sulfonamides is 1. The van der Waals surface area contributed by atoms with Crippen molar-refractivity contribution in [2.24, 2.45) is 5.92 Å². The molecule has 1 rings (SSSR count). The van der Waals surface area contributed by atoms with E-state index in [1.807, 2.05) is 12.1 Å². The molecule has 5 heteroatoms. The maximum atomic E-state index is 12.3. The van der Waals surface area contributed by atoms with Gasteiger partial charge in [-0.1, -0.05) is 61.8 Å². The molecule has 3 nitrogen and oxygen atoms in total. The molecule has 0 aliphatic carbocycles. The third-order valence-electron chi connectivity index (χ3n) is 3.12. The molecule has 0 aliphatic heterocycles. The van der Waals surface area contributed by atoms with Gasteiger partial charge in [0.15, 0.2) is 0 Å². The van der Waals surface area contributed by atoms with Crippen molar-refractivity contribution in [3.63, 3.8) is 0 Å². The molecule has 0 aliphatic rings. The second-order valence-electron chi connectivity index (χ2n) is 4.99. The second kappa shape index (κ2) is 6.86. The summed E-state index contributed by atoms with van der Waals surface area (Å²) in [7, 11) is -3.42. The SMILES string of the molecule is CCNS(=O)(=O)c1ccccc1C(C(C)C)C(C)Br. The molecule has 0 spiro atoms. The molecule has 2 atom stereocenters. The van der Waals surface area contributed by atoms with Gasteiger partial charge in [0.25, 0.3) is 0 Å². The van der Waals surface area contributed by atoms with Gasteiger partial charge >= 0.3 is 0 Å². The number of hydrogen-bond donors (Lipinski definition) is 1. The average molecular weight is 348 g/mol. The Labute approximate surface area is 125 Å². The highest BCUT2D eigenvalue weighted by Gasteiger charge is 2.27. The van der Waals surface area contributed by atoms with Crippen molar-refractivity contribution < 1.29 is 8.42 Å². The van der Waals surface area contributed by atoms with Crippen LogP contribution in [0.2, 0.25) is 0 Å².